The van der Waals surface area contributed by atoms with Gasteiger partial charge in [-0.05, 0) is 73.8 Å². The molecule has 0 aliphatic rings. The van der Waals surface area contributed by atoms with Gasteiger partial charge in [-0.15, -0.1) is 0 Å². The second-order valence-electron chi connectivity index (χ2n) is 13.7. The zero-order valence-corrected chi connectivity index (χ0v) is 28.4. The highest BCUT2D eigenvalue weighted by Gasteiger charge is 2.26. The Morgan fingerprint density at radius 2 is 0.731 bits per heavy atom. The van der Waals surface area contributed by atoms with Crippen molar-refractivity contribution in [3.63, 3.8) is 0 Å². The van der Waals surface area contributed by atoms with Gasteiger partial charge >= 0.3 is 0 Å². The van der Waals surface area contributed by atoms with Crippen molar-refractivity contribution in [2.24, 2.45) is 0 Å². The van der Waals surface area contributed by atoms with Gasteiger partial charge < -0.3 is 9.13 Å². The summed E-state index contributed by atoms with van der Waals surface area (Å²) in [6, 6.07) is 70.9. The van der Waals surface area contributed by atoms with Crippen LogP contribution in [0.2, 0.25) is 0 Å². The van der Waals surface area contributed by atoms with Gasteiger partial charge in [0.25, 0.3) is 0 Å². The first kappa shape index (κ1) is 28.9. The van der Waals surface area contributed by atoms with Crippen molar-refractivity contribution in [1.82, 2.24) is 9.13 Å². The summed E-state index contributed by atoms with van der Waals surface area (Å²) < 4.78 is 5.02. The van der Waals surface area contributed by atoms with Crippen LogP contribution in [0.1, 0.15) is 0 Å². The van der Waals surface area contributed by atoms with Crippen molar-refractivity contribution >= 4 is 65.0 Å². The molecule has 2 nitrogen and oxygen atoms in total. The first-order valence-corrected chi connectivity index (χ1v) is 18.0. The highest BCUT2D eigenvalue weighted by molar-refractivity contribution is 6.26. The topological polar surface area (TPSA) is 9.86 Å². The number of benzene rings is 9. The Morgan fingerprint density at radius 3 is 1.38 bits per heavy atom. The first-order chi connectivity index (χ1) is 25.8. The van der Waals surface area contributed by atoms with Crippen molar-refractivity contribution in [3.8, 4) is 33.8 Å². The Bertz CT molecular complexity index is 3110. The lowest BCUT2D eigenvalue weighted by molar-refractivity contribution is 1.12. The van der Waals surface area contributed by atoms with E-state index in [0.29, 0.717) is 0 Å². The molecule has 242 valence electrons. The minimum atomic E-state index is 1.13. The molecule has 0 aliphatic carbocycles. The van der Waals surface area contributed by atoms with E-state index in [9.17, 15) is 0 Å². The number of rotatable bonds is 4. The van der Waals surface area contributed by atoms with Crippen molar-refractivity contribution in [2.45, 2.75) is 0 Å². The number of hydrogen-bond acceptors (Lipinski definition) is 0. The Balaban J connectivity index is 1.36. The Hall–Kier alpha value is -6.90. The molecule has 0 spiro atoms. The Labute approximate surface area is 301 Å². The molecule has 2 heterocycles. The van der Waals surface area contributed by atoms with E-state index in [0.717, 1.165) is 11.4 Å². The molecule has 0 saturated carbocycles. The Morgan fingerprint density at radius 1 is 0.269 bits per heavy atom. The lowest BCUT2D eigenvalue weighted by atomic mass is 9.94. The van der Waals surface area contributed by atoms with Gasteiger partial charge in [0.05, 0.1) is 22.2 Å². The molecule has 0 N–H and O–H groups in total. The smallest absolute Gasteiger partial charge is 0.0789 e. The summed E-state index contributed by atoms with van der Waals surface area (Å²) >= 11 is 0. The summed E-state index contributed by atoms with van der Waals surface area (Å²) in [6.45, 7) is 0. The van der Waals surface area contributed by atoms with Gasteiger partial charge in [0.15, 0.2) is 0 Å². The Kier molecular flexibility index (Phi) is 6.28. The zero-order chi connectivity index (χ0) is 34.2. The van der Waals surface area contributed by atoms with Crippen molar-refractivity contribution in [1.29, 1.82) is 0 Å². The van der Waals surface area contributed by atoms with Crippen LogP contribution >= 0.6 is 0 Å². The van der Waals surface area contributed by atoms with Crippen molar-refractivity contribution in [3.05, 3.63) is 194 Å². The average molecular weight is 661 g/mol. The molecular formula is C50H32N2. The van der Waals surface area contributed by atoms with Gasteiger partial charge in [0.2, 0.25) is 0 Å². The molecule has 0 atom stereocenters. The highest BCUT2D eigenvalue weighted by Crippen LogP contribution is 2.47. The molecule has 2 aromatic heterocycles. The van der Waals surface area contributed by atoms with Crippen LogP contribution in [0.5, 0.6) is 0 Å². The molecular weight excluding hydrogens is 629 g/mol. The summed E-state index contributed by atoms with van der Waals surface area (Å²) in [6.07, 6.45) is 0. The van der Waals surface area contributed by atoms with E-state index in [1.807, 2.05) is 0 Å². The SMILES string of the molecule is c1ccc(-c2c(-c3ccccc3)n(-c3ccccc3)c3c2ccc2c4ccccc4n(-c4ccc5c6ccccc6c6ccccc6c5c4)c23)cc1. The molecule has 52 heavy (non-hydrogen) atoms. The third kappa shape index (κ3) is 4.12. The van der Waals surface area contributed by atoms with Crippen molar-refractivity contribution < 1.29 is 0 Å². The first-order valence-electron chi connectivity index (χ1n) is 18.0. The predicted molar refractivity (Wildman–Crippen MR) is 221 cm³/mol. The van der Waals surface area contributed by atoms with Crippen LogP contribution in [0.3, 0.4) is 0 Å². The number of para-hydroxylation sites is 2. The van der Waals surface area contributed by atoms with Crippen LogP contribution in [0.25, 0.3) is 98.8 Å². The molecule has 0 bridgehead atoms. The summed E-state index contributed by atoms with van der Waals surface area (Å²) in [7, 11) is 0. The van der Waals surface area contributed by atoms with Gasteiger partial charge in [-0.1, -0.05) is 164 Å². The van der Waals surface area contributed by atoms with Crippen LogP contribution in [0, 0.1) is 0 Å². The lowest BCUT2D eigenvalue weighted by Gasteiger charge is -2.16. The lowest BCUT2D eigenvalue weighted by Crippen LogP contribution is -2.00. The molecule has 11 rings (SSSR count). The van der Waals surface area contributed by atoms with Gasteiger partial charge in [0.1, 0.15) is 0 Å². The quantitative estimate of drug-likeness (QED) is 0.166. The monoisotopic (exact) mass is 660 g/mol. The van der Waals surface area contributed by atoms with Crippen molar-refractivity contribution in [2.75, 3.05) is 0 Å². The van der Waals surface area contributed by atoms with Crippen LogP contribution in [-0.4, -0.2) is 9.13 Å². The summed E-state index contributed by atoms with van der Waals surface area (Å²) in [4.78, 5) is 0. The summed E-state index contributed by atoms with van der Waals surface area (Å²) in [5, 5.41) is 11.4. The average Bonchev–Trinajstić information content (AvgIpc) is 3.75. The number of fused-ring (bicyclic) bond motifs is 11. The van der Waals surface area contributed by atoms with Crippen LogP contribution in [-0.2, 0) is 0 Å². The third-order valence-electron chi connectivity index (χ3n) is 10.9. The largest absolute Gasteiger partial charge is 0.307 e. The maximum Gasteiger partial charge on any atom is 0.0789 e. The van der Waals surface area contributed by atoms with Gasteiger partial charge in [-0.25, -0.2) is 0 Å². The number of aromatic nitrogens is 2. The van der Waals surface area contributed by atoms with E-state index >= 15 is 0 Å². The van der Waals surface area contributed by atoms with Crippen LogP contribution < -0.4 is 0 Å². The fraction of sp³-hybridized carbons (Fsp3) is 0. The molecule has 0 fully saturated rings. The fourth-order valence-corrected chi connectivity index (χ4v) is 8.72. The van der Waals surface area contributed by atoms with Gasteiger partial charge in [0, 0.05) is 33.1 Å². The van der Waals surface area contributed by atoms with E-state index < -0.39 is 0 Å². The predicted octanol–water partition coefficient (Wildman–Crippen LogP) is 13.5. The van der Waals surface area contributed by atoms with E-state index in [2.05, 4.69) is 203 Å². The number of nitrogens with zero attached hydrogens (tertiary/aromatic N) is 2. The molecule has 0 saturated heterocycles. The second-order valence-corrected chi connectivity index (χ2v) is 13.7. The standard InChI is InChI=1S/C50H32N2/c1-4-16-33(17-5-1)47-44-31-30-43-42-26-14-15-27-46(42)51(49(43)50(44)52(35-20-8-3-9-21-35)48(47)34-18-6-2-7-19-34)36-28-29-41-39-24-11-10-22-37(39)38-23-12-13-25-40(38)45(41)32-36/h1-32H. The molecule has 9 aromatic carbocycles. The fourth-order valence-electron chi connectivity index (χ4n) is 8.72. The molecule has 0 unspecified atom stereocenters. The highest BCUT2D eigenvalue weighted by atomic mass is 15.1. The zero-order valence-electron chi connectivity index (χ0n) is 28.4. The summed E-state index contributed by atoms with van der Waals surface area (Å²) in [5.74, 6) is 0. The minimum Gasteiger partial charge on any atom is -0.307 e. The van der Waals surface area contributed by atoms with Crippen LogP contribution in [0.4, 0.5) is 0 Å². The van der Waals surface area contributed by atoms with Gasteiger partial charge in [-0.2, -0.15) is 0 Å². The summed E-state index contributed by atoms with van der Waals surface area (Å²) in [5.41, 5.74) is 10.7. The maximum absolute atomic E-state index is 2.51. The normalized spacial score (nSPS) is 11.8. The van der Waals surface area contributed by atoms with Gasteiger partial charge in [-0.3, -0.25) is 0 Å². The minimum absolute atomic E-state index is 1.13. The van der Waals surface area contributed by atoms with E-state index in [-0.39, 0.29) is 0 Å². The second kappa shape index (κ2) is 11.3. The molecule has 11 aromatic rings. The van der Waals surface area contributed by atoms with E-state index in [4.69, 9.17) is 0 Å². The molecule has 0 aliphatic heterocycles. The van der Waals surface area contributed by atoms with Crippen LogP contribution in [0.15, 0.2) is 194 Å². The molecule has 0 radical (unpaired) electrons. The maximum atomic E-state index is 2.51. The van der Waals surface area contributed by atoms with E-state index in [1.54, 1.807) is 0 Å². The van der Waals surface area contributed by atoms with E-state index in [1.165, 1.54) is 87.4 Å². The molecule has 0 amide bonds. The molecule has 2 heteroatoms. The number of hydrogen-bond donors (Lipinski definition) is 0. The third-order valence-corrected chi connectivity index (χ3v) is 10.9.